The lowest BCUT2D eigenvalue weighted by molar-refractivity contribution is -0.00257. The van der Waals surface area contributed by atoms with Gasteiger partial charge in [0.2, 0.25) is 0 Å². The van der Waals surface area contributed by atoms with E-state index in [9.17, 15) is 9.90 Å². The van der Waals surface area contributed by atoms with Gasteiger partial charge in [-0.2, -0.15) is 0 Å². The van der Waals surface area contributed by atoms with Crippen molar-refractivity contribution in [2.24, 2.45) is 5.92 Å². The van der Waals surface area contributed by atoms with Crippen LogP contribution in [0.5, 0.6) is 5.75 Å². The van der Waals surface area contributed by atoms with Crippen LogP contribution in [0, 0.1) is 12.8 Å². The third kappa shape index (κ3) is 3.66. The molecule has 2 heterocycles. The first-order valence-corrected chi connectivity index (χ1v) is 11.3. The van der Waals surface area contributed by atoms with E-state index in [0.717, 1.165) is 46.2 Å². The van der Waals surface area contributed by atoms with Gasteiger partial charge in [-0.25, -0.2) is 9.18 Å². The molecule has 2 N–H and O–H groups in total. The van der Waals surface area contributed by atoms with Crippen LogP contribution in [-0.2, 0) is 6.54 Å². The third-order valence-electron chi connectivity index (χ3n) is 7.33. The van der Waals surface area contributed by atoms with E-state index in [-0.39, 0.29) is 17.5 Å². The first-order valence-electron chi connectivity index (χ1n) is 11.3. The predicted molar refractivity (Wildman–Crippen MR) is 122 cm³/mol. The molecule has 2 aromatic carbocycles. The fourth-order valence-corrected chi connectivity index (χ4v) is 5.36. The number of ether oxygens (including phenoxy) is 1. The maximum absolute atomic E-state index is 15.9. The zero-order chi connectivity index (χ0) is 22.5. The van der Waals surface area contributed by atoms with E-state index in [1.54, 1.807) is 19.2 Å². The van der Waals surface area contributed by atoms with E-state index >= 15 is 4.39 Å². The van der Waals surface area contributed by atoms with E-state index in [0.29, 0.717) is 25.9 Å². The number of nitrogens with zero attached hydrogens (tertiary/aromatic N) is 1. The maximum Gasteiger partial charge on any atom is 0.335 e. The Morgan fingerprint density at radius 1 is 1.28 bits per heavy atom. The monoisotopic (exact) mass is 436 g/mol. The van der Waals surface area contributed by atoms with Gasteiger partial charge in [0.05, 0.1) is 12.7 Å². The average Bonchev–Trinajstić information content (AvgIpc) is 3.54. The minimum atomic E-state index is -1.15. The summed E-state index contributed by atoms with van der Waals surface area (Å²) >= 11 is 0. The molecule has 0 spiro atoms. The van der Waals surface area contributed by atoms with Gasteiger partial charge < -0.3 is 14.8 Å². The fourth-order valence-electron chi connectivity index (χ4n) is 5.36. The number of alkyl halides is 1. The standard InChI is InChI=1S/C26H29FN2O3/c1-16-13-23(32-2)21(20-9-11-28-24(16)20)15-29-12-10-26(27,19-7-8-19)14-22(29)17-3-5-18(6-4-17)25(30)31/h3-6,9,11,13,19,22,28H,7-8,10,12,14-15H2,1-2H3,(H,30,31)/t22?,26-/m0/s1. The van der Waals surface area contributed by atoms with Gasteiger partial charge in [0.15, 0.2) is 0 Å². The number of aromatic carboxylic acids is 1. The van der Waals surface area contributed by atoms with Gasteiger partial charge in [-0.15, -0.1) is 0 Å². The number of rotatable bonds is 6. The summed E-state index contributed by atoms with van der Waals surface area (Å²) < 4.78 is 21.6. The van der Waals surface area contributed by atoms with E-state index in [4.69, 9.17) is 4.74 Å². The molecule has 6 heteroatoms. The topological polar surface area (TPSA) is 65.6 Å². The number of likely N-dealkylation sites (tertiary alicyclic amines) is 1. The molecule has 2 atom stereocenters. The maximum atomic E-state index is 15.9. The number of benzene rings is 2. The summed E-state index contributed by atoms with van der Waals surface area (Å²) in [5.41, 5.74) is 3.39. The summed E-state index contributed by atoms with van der Waals surface area (Å²) in [6.45, 7) is 3.36. The van der Waals surface area contributed by atoms with E-state index in [1.165, 1.54) is 0 Å². The van der Waals surface area contributed by atoms with Crippen molar-refractivity contribution in [3.05, 3.63) is 64.8 Å². The largest absolute Gasteiger partial charge is 0.496 e. The lowest BCUT2D eigenvalue weighted by Gasteiger charge is -2.43. The van der Waals surface area contributed by atoms with Crippen LogP contribution in [-0.4, -0.2) is 40.3 Å². The lowest BCUT2D eigenvalue weighted by Crippen LogP contribution is -2.44. The predicted octanol–water partition coefficient (Wildman–Crippen LogP) is 5.64. The first-order chi connectivity index (χ1) is 15.4. The molecule has 0 amide bonds. The minimum absolute atomic E-state index is 0.114. The van der Waals surface area contributed by atoms with Crippen molar-refractivity contribution in [2.45, 2.75) is 50.9 Å². The minimum Gasteiger partial charge on any atom is -0.496 e. The molecule has 1 unspecified atom stereocenters. The Morgan fingerprint density at radius 2 is 2.03 bits per heavy atom. The van der Waals surface area contributed by atoms with Crippen LogP contribution in [0.2, 0.25) is 0 Å². The Morgan fingerprint density at radius 3 is 2.69 bits per heavy atom. The van der Waals surface area contributed by atoms with Crippen molar-refractivity contribution in [1.29, 1.82) is 0 Å². The van der Waals surface area contributed by atoms with Crippen molar-refractivity contribution in [3.63, 3.8) is 0 Å². The molecule has 2 aliphatic rings. The summed E-state index contributed by atoms with van der Waals surface area (Å²) in [4.78, 5) is 17.0. The second-order valence-electron chi connectivity index (χ2n) is 9.32. The molecule has 0 radical (unpaired) electrons. The van der Waals surface area contributed by atoms with Crippen LogP contribution in [0.15, 0.2) is 42.6 Å². The number of fused-ring (bicyclic) bond motifs is 1. The Balaban J connectivity index is 1.52. The number of nitrogens with one attached hydrogen (secondary N) is 1. The Hall–Kier alpha value is -2.86. The van der Waals surface area contributed by atoms with Gasteiger partial charge in [-0.05, 0) is 67.5 Å². The van der Waals surface area contributed by atoms with Crippen LogP contribution in [0.1, 0.15) is 58.8 Å². The highest BCUT2D eigenvalue weighted by molar-refractivity contribution is 5.88. The number of halogens is 1. The van der Waals surface area contributed by atoms with Gasteiger partial charge in [-0.3, -0.25) is 4.90 Å². The van der Waals surface area contributed by atoms with Crippen molar-refractivity contribution < 1.29 is 19.0 Å². The van der Waals surface area contributed by atoms with Crippen molar-refractivity contribution in [2.75, 3.05) is 13.7 Å². The smallest absolute Gasteiger partial charge is 0.335 e. The number of hydrogen-bond donors (Lipinski definition) is 2. The Kier molecular flexibility index (Phi) is 5.20. The molecule has 5 rings (SSSR count). The zero-order valence-corrected chi connectivity index (χ0v) is 18.5. The molecular weight excluding hydrogens is 407 g/mol. The molecule has 1 aliphatic heterocycles. The van der Waals surface area contributed by atoms with Gasteiger partial charge in [0, 0.05) is 48.2 Å². The SMILES string of the molecule is COc1cc(C)c2[nH]ccc2c1CN1CC[C@@](F)(C2CC2)CC1c1ccc(C(=O)O)cc1. The summed E-state index contributed by atoms with van der Waals surface area (Å²) in [6.07, 6.45) is 4.85. The highest BCUT2D eigenvalue weighted by Crippen LogP contribution is 2.52. The van der Waals surface area contributed by atoms with Crippen molar-refractivity contribution in [3.8, 4) is 5.75 Å². The molecule has 2 fully saturated rings. The Bertz CT molecular complexity index is 1150. The van der Waals surface area contributed by atoms with Crippen molar-refractivity contribution in [1.82, 2.24) is 9.88 Å². The number of H-pyrrole nitrogens is 1. The number of carboxylic acid groups (broad SMARTS) is 1. The molecule has 0 bridgehead atoms. The molecule has 32 heavy (non-hydrogen) atoms. The summed E-state index contributed by atoms with van der Waals surface area (Å²) in [6, 6.07) is 11.0. The molecule has 168 valence electrons. The third-order valence-corrected chi connectivity index (χ3v) is 7.33. The molecule has 1 saturated carbocycles. The van der Waals surface area contributed by atoms with Crippen LogP contribution >= 0.6 is 0 Å². The Labute approximate surface area is 187 Å². The van der Waals surface area contributed by atoms with Crippen LogP contribution in [0.4, 0.5) is 4.39 Å². The van der Waals surface area contributed by atoms with E-state index < -0.39 is 11.6 Å². The highest BCUT2D eigenvalue weighted by Gasteiger charge is 2.50. The fraction of sp³-hybridized carbons (Fsp3) is 0.423. The van der Waals surface area contributed by atoms with E-state index in [1.807, 2.05) is 18.3 Å². The number of carbonyl (C=O) groups is 1. The molecule has 1 aliphatic carbocycles. The second-order valence-corrected chi connectivity index (χ2v) is 9.32. The molecule has 1 aromatic heterocycles. The summed E-state index contributed by atoms with van der Waals surface area (Å²) in [7, 11) is 1.69. The molecule has 5 nitrogen and oxygen atoms in total. The van der Waals surface area contributed by atoms with Crippen molar-refractivity contribution >= 4 is 16.9 Å². The second kappa shape index (κ2) is 7.93. The molecular formula is C26H29FN2O3. The van der Waals surface area contributed by atoms with Gasteiger partial charge in [-0.1, -0.05) is 12.1 Å². The number of hydrogen-bond acceptors (Lipinski definition) is 3. The normalized spacial score (nSPS) is 24.0. The highest BCUT2D eigenvalue weighted by atomic mass is 19.1. The summed E-state index contributed by atoms with van der Waals surface area (Å²) in [5, 5.41) is 10.4. The molecule has 3 aromatic rings. The first kappa shape index (κ1) is 21.0. The number of piperidine rings is 1. The van der Waals surface area contributed by atoms with Gasteiger partial charge in [0.1, 0.15) is 11.4 Å². The van der Waals surface area contributed by atoms with Gasteiger partial charge in [0.25, 0.3) is 0 Å². The number of aromatic nitrogens is 1. The van der Waals surface area contributed by atoms with Crippen LogP contribution in [0.25, 0.3) is 10.9 Å². The number of carboxylic acids is 1. The summed E-state index contributed by atoms with van der Waals surface area (Å²) in [5.74, 6) is 0.0544. The number of methoxy groups -OCH3 is 1. The van der Waals surface area contributed by atoms with Crippen LogP contribution in [0.3, 0.4) is 0 Å². The average molecular weight is 437 g/mol. The molecule has 1 saturated heterocycles. The zero-order valence-electron chi connectivity index (χ0n) is 18.5. The van der Waals surface area contributed by atoms with Gasteiger partial charge >= 0.3 is 5.97 Å². The van der Waals surface area contributed by atoms with Crippen LogP contribution < -0.4 is 4.74 Å². The quantitative estimate of drug-likeness (QED) is 0.525. The number of aromatic amines is 1. The lowest BCUT2D eigenvalue weighted by atomic mass is 9.81. The number of aryl methyl sites for hydroxylation is 1. The van der Waals surface area contributed by atoms with E-state index in [2.05, 4.69) is 28.9 Å².